The zero-order chi connectivity index (χ0) is 26.8. The number of fused-ring (bicyclic) bond motifs is 1. The molecule has 10 heteroatoms. The summed E-state index contributed by atoms with van der Waals surface area (Å²) in [4.78, 5) is 50.2. The van der Waals surface area contributed by atoms with Crippen LogP contribution in [0.2, 0.25) is 10.0 Å². The smallest absolute Gasteiger partial charge is 0.255 e. The number of benzene rings is 2. The second-order valence-electron chi connectivity index (χ2n) is 10.1. The van der Waals surface area contributed by atoms with Crippen molar-refractivity contribution in [3.63, 3.8) is 0 Å². The van der Waals surface area contributed by atoms with Crippen LogP contribution < -0.4 is 5.32 Å². The van der Waals surface area contributed by atoms with Gasteiger partial charge in [-0.2, -0.15) is 0 Å². The van der Waals surface area contributed by atoms with Crippen molar-refractivity contribution in [1.82, 2.24) is 25.1 Å². The quantitative estimate of drug-likeness (QED) is 0.409. The van der Waals surface area contributed by atoms with Crippen molar-refractivity contribution in [2.24, 2.45) is 0 Å². The third kappa shape index (κ3) is 5.66. The van der Waals surface area contributed by atoms with Crippen molar-refractivity contribution in [3.8, 4) is 0 Å². The number of carbonyl (C=O) groups excluding carboxylic acids is 3. The molecule has 3 aromatic rings. The molecular weight excluding hydrogens is 525 g/mol. The Hall–Kier alpha value is -3.10. The highest BCUT2D eigenvalue weighted by Gasteiger charge is 2.31. The van der Waals surface area contributed by atoms with Gasteiger partial charge in [0.2, 0.25) is 5.91 Å². The summed E-state index contributed by atoms with van der Waals surface area (Å²) in [6, 6.07) is 9.75. The van der Waals surface area contributed by atoms with Crippen LogP contribution in [0, 0.1) is 0 Å². The standard InChI is InChI=1S/C28H31Cl2N5O3/c1-17(26-32-23-10-7-19(29)16-24(23)33-26)31-27(37)18-6-9-21(22(30)15-18)28(38)35-14-4-5-20(35)8-11-25(36)34-12-2-3-13-34/h6-7,9-10,15-17,20H,2-5,8,11-14H2,1H3,(H,31,37)(H,32,33)/t17-,20?/m0/s1. The van der Waals surface area contributed by atoms with Crippen molar-refractivity contribution >= 4 is 52.0 Å². The molecule has 2 aliphatic heterocycles. The van der Waals surface area contributed by atoms with Gasteiger partial charge in [-0.15, -0.1) is 0 Å². The van der Waals surface area contributed by atoms with Gasteiger partial charge in [0.1, 0.15) is 5.82 Å². The topological polar surface area (TPSA) is 98.4 Å². The van der Waals surface area contributed by atoms with E-state index in [0.29, 0.717) is 41.4 Å². The fourth-order valence-corrected chi connectivity index (χ4v) is 5.79. The van der Waals surface area contributed by atoms with E-state index in [4.69, 9.17) is 23.2 Å². The monoisotopic (exact) mass is 555 g/mol. The first-order chi connectivity index (χ1) is 18.3. The average molecular weight is 556 g/mol. The van der Waals surface area contributed by atoms with E-state index < -0.39 is 0 Å². The number of hydrogen-bond donors (Lipinski definition) is 2. The highest BCUT2D eigenvalue weighted by atomic mass is 35.5. The molecule has 1 unspecified atom stereocenters. The van der Waals surface area contributed by atoms with Crippen molar-refractivity contribution < 1.29 is 14.4 Å². The maximum atomic E-state index is 13.4. The largest absolute Gasteiger partial charge is 0.343 e. The molecule has 1 aromatic heterocycles. The Morgan fingerprint density at radius 3 is 2.63 bits per heavy atom. The van der Waals surface area contributed by atoms with Gasteiger partial charge < -0.3 is 20.1 Å². The van der Waals surface area contributed by atoms with Gasteiger partial charge in [-0.25, -0.2) is 4.98 Å². The normalized spacial score (nSPS) is 18.2. The maximum absolute atomic E-state index is 13.4. The minimum Gasteiger partial charge on any atom is -0.343 e. The van der Waals surface area contributed by atoms with Crippen LogP contribution in [0.25, 0.3) is 11.0 Å². The summed E-state index contributed by atoms with van der Waals surface area (Å²) < 4.78 is 0. The number of hydrogen-bond acceptors (Lipinski definition) is 4. The SMILES string of the molecule is C[C@H](NC(=O)c1ccc(C(=O)N2CCCC2CCC(=O)N2CCCC2)c(Cl)c1)c1nc2ccc(Cl)cc2[nH]1. The van der Waals surface area contributed by atoms with E-state index in [0.717, 1.165) is 49.8 Å². The van der Waals surface area contributed by atoms with E-state index in [2.05, 4.69) is 15.3 Å². The molecule has 0 saturated carbocycles. The minimum absolute atomic E-state index is 0.0210. The lowest BCUT2D eigenvalue weighted by molar-refractivity contribution is -0.130. The molecule has 38 heavy (non-hydrogen) atoms. The first-order valence-electron chi connectivity index (χ1n) is 13.1. The van der Waals surface area contributed by atoms with Gasteiger partial charge in [-0.1, -0.05) is 23.2 Å². The molecule has 2 fully saturated rings. The molecule has 2 aromatic carbocycles. The Morgan fingerprint density at radius 2 is 1.87 bits per heavy atom. The summed E-state index contributed by atoms with van der Waals surface area (Å²) in [7, 11) is 0. The number of halogens is 2. The summed E-state index contributed by atoms with van der Waals surface area (Å²) in [6.07, 6.45) is 5.03. The second-order valence-corrected chi connectivity index (χ2v) is 10.9. The summed E-state index contributed by atoms with van der Waals surface area (Å²) >= 11 is 12.6. The van der Waals surface area contributed by atoms with Crippen molar-refractivity contribution in [2.75, 3.05) is 19.6 Å². The second kappa shape index (κ2) is 11.3. The van der Waals surface area contributed by atoms with Crippen LogP contribution in [-0.2, 0) is 4.79 Å². The number of nitrogens with zero attached hydrogens (tertiary/aromatic N) is 3. The van der Waals surface area contributed by atoms with Gasteiger partial charge in [0, 0.05) is 42.7 Å². The van der Waals surface area contributed by atoms with Gasteiger partial charge in [0.15, 0.2) is 0 Å². The average Bonchev–Trinajstić information content (AvgIpc) is 3.67. The lowest BCUT2D eigenvalue weighted by Crippen LogP contribution is -2.37. The number of nitrogens with one attached hydrogen (secondary N) is 2. The molecular formula is C28H31Cl2N5O3. The van der Waals surface area contributed by atoms with Crippen molar-refractivity contribution in [2.45, 2.75) is 57.5 Å². The molecule has 0 radical (unpaired) electrons. The minimum atomic E-state index is -0.387. The van der Waals surface area contributed by atoms with E-state index in [9.17, 15) is 14.4 Å². The van der Waals surface area contributed by atoms with Crippen LogP contribution >= 0.6 is 23.2 Å². The predicted octanol–water partition coefficient (Wildman–Crippen LogP) is 5.37. The number of aromatic nitrogens is 2. The van der Waals surface area contributed by atoms with Crippen LogP contribution in [0.3, 0.4) is 0 Å². The van der Waals surface area contributed by atoms with E-state index in [1.165, 1.54) is 6.07 Å². The molecule has 0 spiro atoms. The number of rotatable bonds is 7. The van der Waals surface area contributed by atoms with Gasteiger partial charge in [0.25, 0.3) is 11.8 Å². The maximum Gasteiger partial charge on any atom is 0.255 e. The lowest BCUT2D eigenvalue weighted by atomic mass is 10.1. The first kappa shape index (κ1) is 26.5. The van der Waals surface area contributed by atoms with Crippen molar-refractivity contribution in [1.29, 1.82) is 0 Å². The fraction of sp³-hybridized carbons (Fsp3) is 0.429. The van der Waals surface area contributed by atoms with E-state index in [1.54, 1.807) is 24.3 Å². The van der Waals surface area contributed by atoms with Crippen LogP contribution in [0.5, 0.6) is 0 Å². The predicted molar refractivity (Wildman–Crippen MR) is 148 cm³/mol. The number of aromatic amines is 1. The lowest BCUT2D eigenvalue weighted by Gasteiger charge is -2.26. The Balaban J connectivity index is 1.22. The summed E-state index contributed by atoms with van der Waals surface area (Å²) in [5.41, 5.74) is 2.27. The van der Waals surface area contributed by atoms with Gasteiger partial charge in [-0.3, -0.25) is 14.4 Å². The first-order valence-corrected chi connectivity index (χ1v) is 13.9. The Labute approximate surface area is 231 Å². The highest BCUT2D eigenvalue weighted by molar-refractivity contribution is 6.34. The third-order valence-corrected chi connectivity index (χ3v) is 8.02. The molecule has 5 rings (SSSR count). The molecule has 0 bridgehead atoms. The number of amides is 3. The zero-order valence-corrected chi connectivity index (χ0v) is 22.8. The molecule has 3 amide bonds. The van der Waals surface area contributed by atoms with Gasteiger partial charge >= 0.3 is 0 Å². The zero-order valence-electron chi connectivity index (χ0n) is 21.3. The van der Waals surface area contributed by atoms with E-state index in [1.807, 2.05) is 22.8 Å². The Kier molecular flexibility index (Phi) is 7.91. The summed E-state index contributed by atoms with van der Waals surface area (Å²) in [5.74, 6) is 0.302. The summed E-state index contributed by atoms with van der Waals surface area (Å²) in [5, 5.41) is 3.75. The van der Waals surface area contributed by atoms with Crippen LogP contribution in [-0.4, -0.2) is 63.2 Å². The number of carbonyl (C=O) groups is 3. The number of H-pyrrole nitrogens is 1. The van der Waals surface area contributed by atoms with E-state index in [-0.39, 0.29) is 34.8 Å². The Bertz CT molecular complexity index is 1370. The molecule has 2 saturated heterocycles. The molecule has 3 heterocycles. The van der Waals surface area contributed by atoms with Crippen molar-refractivity contribution in [3.05, 3.63) is 63.4 Å². The molecule has 0 aliphatic carbocycles. The van der Waals surface area contributed by atoms with Gasteiger partial charge in [0.05, 0.1) is 27.7 Å². The summed E-state index contributed by atoms with van der Waals surface area (Å²) in [6.45, 7) is 4.15. The third-order valence-electron chi connectivity index (χ3n) is 7.47. The molecule has 2 aliphatic rings. The van der Waals surface area contributed by atoms with Crippen LogP contribution in [0.1, 0.15) is 78.0 Å². The Morgan fingerprint density at radius 1 is 1.08 bits per heavy atom. The van der Waals surface area contributed by atoms with Gasteiger partial charge in [-0.05, 0) is 75.4 Å². The molecule has 8 nitrogen and oxygen atoms in total. The number of imidazole rings is 1. The van der Waals surface area contributed by atoms with Crippen LogP contribution in [0.15, 0.2) is 36.4 Å². The number of likely N-dealkylation sites (tertiary alicyclic amines) is 2. The van der Waals surface area contributed by atoms with E-state index >= 15 is 0 Å². The highest BCUT2D eigenvalue weighted by Crippen LogP contribution is 2.28. The molecule has 2 N–H and O–H groups in total. The fourth-order valence-electron chi connectivity index (χ4n) is 5.36. The van der Waals surface area contributed by atoms with Crippen LogP contribution in [0.4, 0.5) is 0 Å². The molecule has 200 valence electrons. The molecule has 2 atom stereocenters.